The molecule has 1 aliphatic heterocycles. The number of halogens is 1. The van der Waals surface area contributed by atoms with Crippen molar-refractivity contribution in [3.8, 4) is 11.5 Å². The van der Waals surface area contributed by atoms with E-state index in [-0.39, 0.29) is 0 Å². The van der Waals surface area contributed by atoms with Crippen molar-refractivity contribution in [2.75, 3.05) is 6.61 Å². The first kappa shape index (κ1) is 26.8. The number of carbonyl (C=O) groups is 2. The number of para-hydroxylation sites is 1. The summed E-state index contributed by atoms with van der Waals surface area (Å²) < 4.78 is 23.9. The number of aromatic nitrogens is 1. The zero-order valence-corrected chi connectivity index (χ0v) is 23.8. The van der Waals surface area contributed by atoms with E-state index in [9.17, 15) is 9.59 Å². The first-order valence-corrected chi connectivity index (χ1v) is 13.6. The molecule has 0 bridgehead atoms. The summed E-state index contributed by atoms with van der Waals surface area (Å²) in [5, 5.41) is 0.887. The quantitative estimate of drug-likeness (QED) is 0.179. The highest BCUT2D eigenvalue weighted by Gasteiger charge is 2.49. The molecule has 202 valence electrons. The van der Waals surface area contributed by atoms with Crippen LogP contribution in [0.5, 0.6) is 11.5 Å². The highest BCUT2D eigenvalue weighted by Crippen LogP contribution is 2.46. The van der Waals surface area contributed by atoms with Crippen LogP contribution in [0, 0.1) is 12.8 Å². The van der Waals surface area contributed by atoms with Crippen LogP contribution < -0.4 is 9.47 Å². The van der Waals surface area contributed by atoms with Crippen molar-refractivity contribution in [2.24, 2.45) is 5.92 Å². The van der Waals surface area contributed by atoms with Crippen LogP contribution in [0.2, 0.25) is 0 Å². The summed E-state index contributed by atoms with van der Waals surface area (Å²) in [4.78, 5) is 29.9. The monoisotopic (exact) mass is 591 g/mol. The molecule has 1 atom stereocenters. The van der Waals surface area contributed by atoms with Gasteiger partial charge in [-0.15, -0.1) is 0 Å². The van der Waals surface area contributed by atoms with Crippen molar-refractivity contribution in [1.29, 1.82) is 0 Å². The molecule has 1 fully saturated rings. The highest BCUT2D eigenvalue weighted by atomic mass is 79.9. The van der Waals surface area contributed by atoms with Crippen LogP contribution in [0.4, 0.5) is 0 Å². The maximum absolute atomic E-state index is 13.3. The molecule has 0 spiro atoms. The van der Waals surface area contributed by atoms with Gasteiger partial charge in [-0.3, -0.25) is 9.59 Å². The molecule has 1 N–H and O–H groups in total. The van der Waals surface area contributed by atoms with Crippen molar-refractivity contribution in [1.82, 2.24) is 4.98 Å². The van der Waals surface area contributed by atoms with Gasteiger partial charge in [-0.25, -0.2) is 0 Å². The largest absolute Gasteiger partial charge is 0.490 e. The topological polar surface area (TPSA) is 86.9 Å². The van der Waals surface area contributed by atoms with Gasteiger partial charge >= 0.3 is 11.9 Å². The normalized spacial score (nSPS) is 16.0. The van der Waals surface area contributed by atoms with E-state index in [1.54, 1.807) is 13.8 Å². The molecular weight excluding hydrogens is 562 g/mol. The molecule has 3 aromatic carbocycles. The molecule has 8 heteroatoms. The van der Waals surface area contributed by atoms with Crippen molar-refractivity contribution in [2.45, 2.75) is 46.0 Å². The minimum absolute atomic E-state index is 0.356. The van der Waals surface area contributed by atoms with Gasteiger partial charge in [-0.05, 0) is 48.7 Å². The molecule has 39 heavy (non-hydrogen) atoms. The van der Waals surface area contributed by atoms with E-state index < -0.39 is 29.6 Å². The lowest BCUT2D eigenvalue weighted by Crippen LogP contribution is -2.48. The second-order valence-corrected chi connectivity index (χ2v) is 10.9. The molecule has 4 aromatic rings. The summed E-state index contributed by atoms with van der Waals surface area (Å²) >= 11 is 3.70. The first-order chi connectivity index (χ1) is 18.7. The zero-order chi connectivity index (χ0) is 27.7. The SMILES string of the molecule is CCOc1cc([C@H](c2c[nH]c3ccccc23)C2C(=O)OC(C)(C)OC2=O)c(Br)cc1OCc1ccc(C)cc1. The Morgan fingerprint density at radius 3 is 2.31 bits per heavy atom. The average Bonchev–Trinajstić information content (AvgIpc) is 3.31. The number of fused-ring (bicyclic) bond motifs is 1. The van der Waals surface area contributed by atoms with Gasteiger partial charge in [0.15, 0.2) is 17.4 Å². The Balaban J connectivity index is 1.60. The van der Waals surface area contributed by atoms with Gasteiger partial charge in [-0.2, -0.15) is 0 Å². The summed E-state index contributed by atoms with van der Waals surface area (Å²) in [6, 6.07) is 19.5. The van der Waals surface area contributed by atoms with E-state index in [4.69, 9.17) is 18.9 Å². The van der Waals surface area contributed by atoms with E-state index >= 15 is 0 Å². The molecule has 0 amide bonds. The number of H-pyrrole nitrogens is 1. The maximum Gasteiger partial charge on any atom is 0.324 e. The van der Waals surface area contributed by atoms with E-state index in [1.165, 1.54) is 5.56 Å². The fourth-order valence-electron chi connectivity index (χ4n) is 4.89. The smallest absolute Gasteiger partial charge is 0.324 e. The van der Waals surface area contributed by atoms with Crippen LogP contribution >= 0.6 is 15.9 Å². The lowest BCUT2D eigenvalue weighted by Gasteiger charge is -2.36. The van der Waals surface area contributed by atoms with Crippen LogP contribution in [-0.4, -0.2) is 29.3 Å². The molecule has 0 unspecified atom stereocenters. The minimum atomic E-state index is -1.34. The summed E-state index contributed by atoms with van der Waals surface area (Å²) in [5.41, 5.74) is 4.52. The molecule has 0 aliphatic carbocycles. The lowest BCUT2D eigenvalue weighted by molar-refractivity contribution is -0.240. The Morgan fingerprint density at radius 2 is 1.62 bits per heavy atom. The van der Waals surface area contributed by atoms with Gasteiger partial charge in [-0.1, -0.05) is 64.0 Å². The Bertz CT molecular complexity index is 1500. The van der Waals surface area contributed by atoms with Gasteiger partial charge in [0, 0.05) is 41.3 Å². The molecular formula is C31H30BrNO6. The van der Waals surface area contributed by atoms with Crippen molar-refractivity contribution in [3.63, 3.8) is 0 Å². The number of rotatable bonds is 8. The molecule has 7 nitrogen and oxygen atoms in total. The number of hydrogen-bond acceptors (Lipinski definition) is 6. The predicted molar refractivity (Wildman–Crippen MR) is 151 cm³/mol. The predicted octanol–water partition coefficient (Wildman–Crippen LogP) is 6.80. The molecule has 5 rings (SSSR count). The number of aromatic amines is 1. The van der Waals surface area contributed by atoms with Crippen LogP contribution in [0.15, 0.2) is 71.3 Å². The van der Waals surface area contributed by atoms with Crippen LogP contribution in [0.25, 0.3) is 10.9 Å². The number of cyclic esters (lactones) is 2. The summed E-state index contributed by atoms with van der Waals surface area (Å²) in [6.45, 7) is 7.78. The van der Waals surface area contributed by atoms with Crippen LogP contribution in [0.3, 0.4) is 0 Å². The summed E-state index contributed by atoms with van der Waals surface area (Å²) in [7, 11) is 0. The van der Waals surface area contributed by atoms with Gasteiger partial charge < -0.3 is 23.9 Å². The number of nitrogens with one attached hydrogen (secondary N) is 1. The Labute approximate surface area is 235 Å². The molecule has 0 saturated carbocycles. The third-order valence-electron chi connectivity index (χ3n) is 6.70. The van der Waals surface area contributed by atoms with Crippen LogP contribution in [-0.2, 0) is 25.7 Å². The number of ether oxygens (including phenoxy) is 4. The van der Waals surface area contributed by atoms with Gasteiger partial charge in [0.2, 0.25) is 0 Å². The highest BCUT2D eigenvalue weighted by molar-refractivity contribution is 9.10. The Kier molecular flexibility index (Phi) is 7.40. The second-order valence-electron chi connectivity index (χ2n) is 10.0. The number of esters is 2. The fourth-order valence-corrected chi connectivity index (χ4v) is 5.46. The van der Waals surface area contributed by atoms with Crippen LogP contribution in [0.1, 0.15) is 48.9 Å². The van der Waals surface area contributed by atoms with Gasteiger partial charge in [0.05, 0.1) is 6.61 Å². The third-order valence-corrected chi connectivity index (χ3v) is 7.39. The van der Waals surface area contributed by atoms with Crippen molar-refractivity contribution in [3.05, 3.63) is 93.6 Å². The third kappa shape index (κ3) is 5.52. The standard InChI is InChI=1S/C31H30BrNO6/c1-5-36-25-14-21(23(32)15-26(25)37-17-19-12-10-18(2)11-13-19)27(22-16-33-24-9-7-6-8-20(22)24)28-29(34)38-31(3,4)39-30(28)35/h6-16,27-28,33H,5,17H2,1-4H3/t27-/m1/s1. The van der Waals surface area contributed by atoms with E-state index in [2.05, 4.69) is 20.9 Å². The fraction of sp³-hybridized carbons (Fsp3) is 0.290. The molecule has 2 heterocycles. The number of hydrogen-bond donors (Lipinski definition) is 1. The Morgan fingerprint density at radius 1 is 0.949 bits per heavy atom. The summed E-state index contributed by atoms with van der Waals surface area (Å²) in [5.74, 6) is -3.52. The number of benzene rings is 3. The van der Waals surface area contributed by atoms with E-state index in [0.29, 0.717) is 34.7 Å². The second kappa shape index (κ2) is 10.8. The molecule has 1 aromatic heterocycles. The first-order valence-electron chi connectivity index (χ1n) is 12.8. The minimum Gasteiger partial charge on any atom is -0.490 e. The van der Waals surface area contributed by atoms with E-state index in [0.717, 1.165) is 22.0 Å². The average molecular weight is 592 g/mol. The van der Waals surface area contributed by atoms with Crippen molar-refractivity contribution >= 4 is 38.8 Å². The number of aryl methyl sites for hydroxylation is 1. The number of carbonyl (C=O) groups excluding carboxylic acids is 2. The zero-order valence-electron chi connectivity index (χ0n) is 22.2. The lowest BCUT2D eigenvalue weighted by atomic mass is 9.79. The Hall–Kier alpha value is -3.78. The molecule has 1 aliphatic rings. The molecule has 0 radical (unpaired) electrons. The van der Waals surface area contributed by atoms with Crippen molar-refractivity contribution < 1.29 is 28.5 Å². The molecule has 1 saturated heterocycles. The maximum atomic E-state index is 13.3. The van der Waals surface area contributed by atoms with Gasteiger partial charge in [0.25, 0.3) is 5.79 Å². The van der Waals surface area contributed by atoms with Gasteiger partial charge in [0.1, 0.15) is 6.61 Å². The summed E-state index contributed by atoms with van der Waals surface area (Å²) in [6.07, 6.45) is 1.82. The van der Waals surface area contributed by atoms with E-state index in [1.807, 2.05) is 80.7 Å².